The van der Waals surface area contributed by atoms with E-state index in [4.69, 9.17) is 9.47 Å². The Morgan fingerprint density at radius 1 is 1.12 bits per heavy atom. The SMILES string of the molecule is CCCc1cnc2c(c1NC(=O)/C=C\c1ccc(OC)c(OC)c1)c(=O)n(C)c(=O)n2C. The largest absolute Gasteiger partial charge is 0.493 e. The van der Waals surface area contributed by atoms with E-state index in [1.165, 1.54) is 24.8 Å². The normalized spacial score (nSPS) is 11.2. The Bertz CT molecular complexity index is 1320. The standard InChI is InChI=1S/C23H26N4O5/c1-6-7-15-13-24-21-19(22(29)27(3)23(30)26(21)2)20(15)25-18(28)11-9-14-8-10-16(31-4)17(12-14)32-5/h8-13H,6-7H2,1-5H3,(H,24,25,28)/b11-9-. The molecule has 0 unspecified atom stereocenters. The Morgan fingerprint density at radius 3 is 2.50 bits per heavy atom. The van der Waals surface area contributed by atoms with Crippen molar-refractivity contribution in [1.29, 1.82) is 0 Å². The van der Waals surface area contributed by atoms with Gasteiger partial charge >= 0.3 is 5.69 Å². The van der Waals surface area contributed by atoms with Gasteiger partial charge in [0.05, 0.1) is 19.9 Å². The minimum absolute atomic E-state index is 0.202. The van der Waals surface area contributed by atoms with Crippen LogP contribution in [-0.4, -0.2) is 34.2 Å². The molecule has 32 heavy (non-hydrogen) atoms. The number of nitrogens with zero attached hydrogens (tertiary/aromatic N) is 3. The number of methoxy groups -OCH3 is 2. The van der Waals surface area contributed by atoms with Crippen LogP contribution in [0.4, 0.5) is 5.69 Å². The topological polar surface area (TPSA) is 104 Å². The summed E-state index contributed by atoms with van der Waals surface area (Å²) in [5.74, 6) is 0.716. The van der Waals surface area contributed by atoms with E-state index >= 15 is 0 Å². The molecule has 3 rings (SSSR count). The fraction of sp³-hybridized carbons (Fsp3) is 0.304. The van der Waals surface area contributed by atoms with E-state index in [2.05, 4.69) is 10.3 Å². The molecule has 0 atom stereocenters. The van der Waals surface area contributed by atoms with E-state index in [1.54, 1.807) is 44.6 Å². The molecule has 0 aliphatic carbocycles. The first-order valence-electron chi connectivity index (χ1n) is 10.1. The summed E-state index contributed by atoms with van der Waals surface area (Å²) < 4.78 is 12.8. The number of anilines is 1. The average molecular weight is 438 g/mol. The van der Waals surface area contributed by atoms with Crippen molar-refractivity contribution < 1.29 is 14.3 Å². The third-order valence-electron chi connectivity index (χ3n) is 5.15. The highest BCUT2D eigenvalue weighted by atomic mass is 16.5. The Morgan fingerprint density at radius 2 is 1.84 bits per heavy atom. The van der Waals surface area contributed by atoms with Gasteiger partial charge in [-0.15, -0.1) is 0 Å². The van der Waals surface area contributed by atoms with Crippen molar-refractivity contribution in [2.75, 3.05) is 19.5 Å². The molecular formula is C23H26N4O5. The fourth-order valence-corrected chi connectivity index (χ4v) is 3.46. The molecule has 1 aromatic carbocycles. The van der Waals surface area contributed by atoms with Gasteiger partial charge in [0.25, 0.3) is 5.56 Å². The van der Waals surface area contributed by atoms with Crippen LogP contribution >= 0.6 is 0 Å². The summed E-state index contributed by atoms with van der Waals surface area (Å²) in [7, 11) is 6.03. The lowest BCUT2D eigenvalue weighted by molar-refractivity contribution is -0.111. The minimum atomic E-state index is -0.507. The highest BCUT2D eigenvalue weighted by Gasteiger charge is 2.18. The van der Waals surface area contributed by atoms with E-state index in [-0.39, 0.29) is 11.0 Å². The lowest BCUT2D eigenvalue weighted by atomic mass is 10.1. The molecule has 168 valence electrons. The fourth-order valence-electron chi connectivity index (χ4n) is 3.46. The van der Waals surface area contributed by atoms with Gasteiger partial charge in [0.1, 0.15) is 5.39 Å². The van der Waals surface area contributed by atoms with E-state index in [0.717, 1.165) is 22.1 Å². The van der Waals surface area contributed by atoms with Gasteiger partial charge in [-0.2, -0.15) is 0 Å². The Labute approximate surface area is 184 Å². The van der Waals surface area contributed by atoms with Gasteiger partial charge < -0.3 is 14.8 Å². The number of aryl methyl sites for hydroxylation is 2. The van der Waals surface area contributed by atoms with Crippen molar-refractivity contribution in [3.63, 3.8) is 0 Å². The summed E-state index contributed by atoms with van der Waals surface area (Å²) in [6.07, 6.45) is 6.01. The van der Waals surface area contributed by atoms with Crippen LogP contribution in [0.25, 0.3) is 17.1 Å². The van der Waals surface area contributed by atoms with Gasteiger partial charge in [-0.3, -0.25) is 18.7 Å². The van der Waals surface area contributed by atoms with E-state index in [1.807, 2.05) is 6.92 Å². The lowest BCUT2D eigenvalue weighted by Gasteiger charge is -2.14. The Kier molecular flexibility index (Phi) is 6.77. The number of ether oxygens (including phenoxy) is 2. The third-order valence-corrected chi connectivity index (χ3v) is 5.15. The molecule has 0 fully saturated rings. The zero-order chi connectivity index (χ0) is 23.4. The van der Waals surface area contributed by atoms with Crippen LogP contribution in [-0.2, 0) is 25.3 Å². The maximum Gasteiger partial charge on any atom is 0.332 e. The van der Waals surface area contributed by atoms with Gasteiger partial charge in [0.15, 0.2) is 17.1 Å². The maximum atomic E-state index is 12.9. The van der Waals surface area contributed by atoms with Gasteiger partial charge in [-0.25, -0.2) is 9.78 Å². The number of fused-ring (bicyclic) bond motifs is 1. The summed E-state index contributed by atoms with van der Waals surface area (Å²) in [6, 6.07) is 5.29. The number of benzene rings is 1. The van der Waals surface area contributed by atoms with Crippen molar-refractivity contribution in [1.82, 2.24) is 14.1 Å². The molecule has 9 nitrogen and oxygen atoms in total. The molecule has 0 spiro atoms. The molecule has 0 aliphatic rings. The van der Waals surface area contributed by atoms with E-state index < -0.39 is 17.2 Å². The predicted octanol–water partition coefficient (Wildman–Crippen LogP) is 2.25. The quantitative estimate of drug-likeness (QED) is 0.568. The Balaban J connectivity index is 2.03. The van der Waals surface area contributed by atoms with Crippen LogP contribution in [0.15, 0.2) is 40.1 Å². The van der Waals surface area contributed by atoms with Crippen molar-refractivity contribution in [2.45, 2.75) is 19.8 Å². The molecule has 1 N–H and O–H groups in total. The van der Waals surface area contributed by atoms with Gasteiger partial charge in [-0.05, 0) is 35.8 Å². The van der Waals surface area contributed by atoms with Crippen LogP contribution < -0.4 is 26.0 Å². The van der Waals surface area contributed by atoms with E-state index in [9.17, 15) is 14.4 Å². The van der Waals surface area contributed by atoms with Gasteiger partial charge in [0, 0.05) is 26.4 Å². The van der Waals surface area contributed by atoms with Gasteiger partial charge in [0.2, 0.25) is 5.91 Å². The molecule has 3 aromatic rings. The number of pyridine rings is 1. The smallest absolute Gasteiger partial charge is 0.332 e. The Hall–Kier alpha value is -3.88. The number of aromatic nitrogens is 3. The number of carbonyl (C=O) groups excluding carboxylic acids is 1. The first-order chi connectivity index (χ1) is 15.3. The van der Waals surface area contributed by atoms with Crippen molar-refractivity contribution in [3.05, 3.63) is 62.4 Å². The monoisotopic (exact) mass is 438 g/mol. The zero-order valence-electron chi connectivity index (χ0n) is 18.8. The molecule has 9 heteroatoms. The molecule has 0 saturated heterocycles. The minimum Gasteiger partial charge on any atom is -0.493 e. The van der Waals surface area contributed by atoms with Crippen molar-refractivity contribution in [2.24, 2.45) is 14.1 Å². The second kappa shape index (κ2) is 9.51. The second-order valence-electron chi connectivity index (χ2n) is 7.25. The third kappa shape index (κ3) is 4.27. The zero-order valence-corrected chi connectivity index (χ0v) is 18.8. The van der Waals surface area contributed by atoms with Crippen LogP contribution in [0.3, 0.4) is 0 Å². The number of carbonyl (C=O) groups is 1. The predicted molar refractivity (Wildman–Crippen MR) is 123 cm³/mol. The molecule has 0 aliphatic heterocycles. The molecule has 2 heterocycles. The van der Waals surface area contributed by atoms with Crippen LogP contribution in [0, 0.1) is 0 Å². The summed E-state index contributed by atoms with van der Waals surface area (Å²) in [5.41, 5.74) is 1.07. The highest BCUT2D eigenvalue weighted by Crippen LogP contribution is 2.28. The maximum absolute atomic E-state index is 12.9. The van der Waals surface area contributed by atoms with Crippen LogP contribution in [0.5, 0.6) is 11.5 Å². The van der Waals surface area contributed by atoms with Crippen LogP contribution in [0.1, 0.15) is 24.5 Å². The molecule has 0 radical (unpaired) electrons. The van der Waals surface area contributed by atoms with Crippen molar-refractivity contribution >= 4 is 28.7 Å². The molecule has 1 amide bonds. The molecule has 0 saturated carbocycles. The molecule has 2 aromatic heterocycles. The van der Waals surface area contributed by atoms with Crippen molar-refractivity contribution in [3.8, 4) is 11.5 Å². The van der Waals surface area contributed by atoms with Crippen LogP contribution in [0.2, 0.25) is 0 Å². The number of amides is 1. The number of nitrogens with one attached hydrogen (secondary N) is 1. The highest BCUT2D eigenvalue weighted by molar-refractivity contribution is 6.07. The number of hydrogen-bond donors (Lipinski definition) is 1. The van der Waals surface area contributed by atoms with Gasteiger partial charge in [-0.1, -0.05) is 19.4 Å². The number of hydrogen-bond acceptors (Lipinski definition) is 6. The second-order valence-corrected chi connectivity index (χ2v) is 7.25. The lowest BCUT2D eigenvalue weighted by Crippen LogP contribution is -2.38. The summed E-state index contributed by atoms with van der Waals surface area (Å²) in [6.45, 7) is 1.99. The summed E-state index contributed by atoms with van der Waals surface area (Å²) in [5, 5.41) is 3.03. The molecule has 0 bridgehead atoms. The summed E-state index contributed by atoms with van der Waals surface area (Å²) >= 11 is 0. The summed E-state index contributed by atoms with van der Waals surface area (Å²) in [4.78, 5) is 42.2. The van der Waals surface area contributed by atoms with E-state index in [0.29, 0.717) is 23.6 Å². The molecular weight excluding hydrogens is 412 g/mol. The number of rotatable bonds is 7. The first-order valence-corrected chi connectivity index (χ1v) is 10.1. The first kappa shape index (κ1) is 22.8. The average Bonchev–Trinajstić information content (AvgIpc) is 2.80.